The highest BCUT2D eigenvalue weighted by molar-refractivity contribution is 7.91. The molecule has 134 valence electrons. The van der Waals surface area contributed by atoms with Gasteiger partial charge in [0.15, 0.2) is 12.4 Å². The van der Waals surface area contributed by atoms with Gasteiger partial charge in [0.1, 0.15) is 0 Å². The van der Waals surface area contributed by atoms with Crippen molar-refractivity contribution < 1.29 is 27.5 Å². The van der Waals surface area contributed by atoms with Crippen LogP contribution in [0.15, 0.2) is 52.3 Å². The van der Waals surface area contributed by atoms with E-state index in [1.165, 1.54) is 30.3 Å². The number of likely N-dealkylation sites (N-methyl/N-ethyl adjacent to an activating group) is 1. The molecule has 7 nitrogen and oxygen atoms in total. The topological polar surface area (TPSA) is 107 Å². The van der Waals surface area contributed by atoms with Gasteiger partial charge in [-0.1, -0.05) is 12.1 Å². The highest BCUT2D eigenvalue weighted by atomic mass is 32.2. The van der Waals surface area contributed by atoms with Gasteiger partial charge in [-0.25, -0.2) is 13.2 Å². The van der Waals surface area contributed by atoms with Crippen LogP contribution in [0.4, 0.5) is 0 Å². The average Bonchev–Trinajstić information content (AvgIpc) is 2.64. The van der Waals surface area contributed by atoms with Gasteiger partial charge in [-0.15, -0.1) is 0 Å². The van der Waals surface area contributed by atoms with Crippen LogP contribution < -0.4 is 5.32 Å². The van der Waals surface area contributed by atoms with Crippen molar-refractivity contribution in [2.45, 2.75) is 16.7 Å². The van der Waals surface area contributed by atoms with Crippen LogP contribution in [0, 0.1) is 0 Å². The van der Waals surface area contributed by atoms with Gasteiger partial charge in [-0.2, -0.15) is 0 Å². The molecule has 26 heavy (non-hydrogen) atoms. The lowest BCUT2D eigenvalue weighted by molar-refractivity contribution is -0.124. The predicted molar refractivity (Wildman–Crippen MR) is 90.7 cm³/mol. The van der Waals surface area contributed by atoms with Crippen LogP contribution >= 0.6 is 0 Å². The summed E-state index contributed by atoms with van der Waals surface area (Å²) in [6, 6.07) is 9.62. The van der Waals surface area contributed by atoms with Crippen molar-refractivity contribution in [3.8, 4) is 0 Å². The molecule has 1 amide bonds. The summed E-state index contributed by atoms with van der Waals surface area (Å²) in [6.07, 6.45) is 0. The van der Waals surface area contributed by atoms with Crippen LogP contribution in [-0.2, 0) is 19.4 Å². The molecule has 0 aliphatic carbocycles. The third-order valence-corrected chi connectivity index (χ3v) is 5.73. The fraction of sp³-hybridized carbons (Fsp3) is 0.167. The first-order valence-electron chi connectivity index (χ1n) is 7.83. The van der Waals surface area contributed by atoms with Gasteiger partial charge >= 0.3 is 5.97 Å². The number of rotatable bonds is 4. The zero-order chi connectivity index (χ0) is 18.9. The van der Waals surface area contributed by atoms with Gasteiger partial charge in [0, 0.05) is 17.7 Å². The molecule has 0 saturated heterocycles. The molecule has 2 aromatic rings. The van der Waals surface area contributed by atoms with Crippen molar-refractivity contribution in [1.29, 1.82) is 0 Å². The van der Waals surface area contributed by atoms with E-state index in [-0.39, 0.29) is 26.5 Å². The summed E-state index contributed by atoms with van der Waals surface area (Å²) in [7, 11) is -3.94. The number of benzene rings is 2. The Morgan fingerprint density at radius 2 is 1.73 bits per heavy atom. The second-order valence-electron chi connectivity index (χ2n) is 5.57. The smallest absolute Gasteiger partial charge is 0.338 e. The van der Waals surface area contributed by atoms with Crippen LogP contribution in [0.5, 0.6) is 0 Å². The van der Waals surface area contributed by atoms with Gasteiger partial charge in [-0.3, -0.25) is 9.59 Å². The maximum absolute atomic E-state index is 12.8. The number of sulfone groups is 1. The Balaban J connectivity index is 1.96. The Hall–Kier alpha value is -3.00. The van der Waals surface area contributed by atoms with Crippen molar-refractivity contribution >= 4 is 27.5 Å². The monoisotopic (exact) mass is 373 g/mol. The maximum atomic E-state index is 12.8. The quantitative estimate of drug-likeness (QED) is 0.692. The Bertz CT molecular complexity index is 1030. The van der Waals surface area contributed by atoms with Crippen molar-refractivity contribution in [3.63, 3.8) is 0 Å². The SMILES string of the molecule is CCNC(=O)COC(=O)c1ccc2c(c1)S(=O)(=O)c1ccccc1C2=O. The molecular weight excluding hydrogens is 358 g/mol. The molecule has 1 heterocycles. The van der Waals surface area contributed by atoms with Crippen LogP contribution in [0.2, 0.25) is 0 Å². The molecule has 3 rings (SSSR count). The second kappa shape index (κ2) is 6.72. The van der Waals surface area contributed by atoms with Crippen molar-refractivity contribution in [1.82, 2.24) is 5.32 Å². The first-order chi connectivity index (χ1) is 12.4. The van der Waals surface area contributed by atoms with E-state index in [1.54, 1.807) is 13.0 Å². The van der Waals surface area contributed by atoms with E-state index >= 15 is 0 Å². The Labute approximate surface area is 149 Å². The molecule has 1 aliphatic rings. The van der Waals surface area contributed by atoms with Gasteiger partial charge < -0.3 is 10.1 Å². The van der Waals surface area contributed by atoms with Gasteiger partial charge in [0.25, 0.3) is 5.91 Å². The number of esters is 1. The third-order valence-electron chi connectivity index (χ3n) is 3.88. The highest BCUT2D eigenvalue weighted by Crippen LogP contribution is 2.34. The molecule has 0 unspecified atom stereocenters. The number of fused-ring (bicyclic) bond motifs is 2. The fourth-order valence-corrected chi connectivity index (χ4v) is 4.35. The first-order valence-corrected chi connectivity index (χ1v) is 9.31. The molecule has 0 radical (unpaired) electrons. The molecule has 2 aromatic carbocycles. The molecule has 1 aliphatic heterocycles. The summed E-state index contributed by atoms with van der Waals surface area (Å²) >= 11 is 0. The van der Waals surface area contributed by atoms with Crippen LogP contribution in [-0.4, -0.2) is 39.2 Å². The molecule has 1 N–H and O–H groups in total. The summed E-state index contributed by atoms with van der Waals surface area (Å²) in [5, 5.41) is 2.48. The van der Waals surface area contributed by atoms with E-state index in [2.05, 4.69) is 5.32 Å². The summed E-state index contributed by atoms with van der Waals surface area (Å²) < 4.78 is 30.5. The predicted octanol–water partition coefficient (Wildman–Crippen LogP) is 1.36. The standard InChI is InChI=1S/C18H15NO6S/c1-2-19-16(20)10-25-18(22)11-7-8-13-15(9-11)26(23,24)14-6-4-3-5-12(14)17(13)21/h3-9H,2,10H2,1H3,(H,19,20). The van der Waals surface area contributed by atoms with E-state index in [1.807, 2.05) is 0 Å². The molecule has 0 aromatic heterocycles. The zero-order valence-electron chi connectivity index (χ0n) is 13.8. The van der Waals surface area contributed by atoms with E-state index in [9.17, 15) is 22.8 Å². The molecule has 0 spiro atoms. The van der Waals surface area contributed by atoms with E-state index in [0.717, 1.165) is 6.07 Å². The van der Waals surface area contributed by atoms with Gasteiger partial charge in [-0.05, 0) is 37.3 Å². The lowest BCUT2D eigenvalue weighted by Gasteiger charge is -2.19. The van der Waals surface area contributed by atoms with E-state index in [0.29, 0.717) is 6.54 Å². The Kier molecular flexibility index (Phi) is 4.60. The number of carbonyl (C=O) groups excluding carboxylic acids is 3. The average molecular weight is 373 g/mol. The summed E-state index contributed by atoms with van der Waals surface area (Å²) in [4.78, 5) is 35.7. The van der Waals surface area contributed by atoms with Gasteiger partial charge in [0.2, 0.25) is 9.84 Å². The van der Waals surface area contributed by atoms with E-state index in [4.69, 9.17) is 4.74 Å². The number of carbonyl (C=O) groups is 3. The minimum Gasteiger partial charge on any atom is -0.452 e. The molecule has 8 heteroatoms. The molecule has 0 bridgehead atoms. The summed E-state index contributed by atoms with van der Waals surface area (Å²) in [5.41, 5.74) is 0.0549. The minimum atomic E-state index is -3.94. The van der Waals surface area contributed by atoms with Crippen LogP contribution in [0.1, 0.15) is 33.2 Å². The first kappa shape index (κ1) is 17.8. The van der Waals surface area contributed by atoms with Crippen LogP contribution in [0.25, 0.3) is 0 Å². The normalized spacial score (nSPS) is 14.1. The van der Waals surface area contributed by atoms with Crippen molar-refractivity contribution in [2.24, 2.45) is 0 Å². The number of ether oxygens (including phenoxy) is 1. The second-order valence-corrected chi connectivity index (χ2v) is 7.46. The molecule has 0 fully saturated rings. The minimum absolute atomic E-state index is 0.00368. The highest BCUT2D eigenvalue weighted by Gasteiger charge is 2.35. The van der Waals surface area contributed by atoms with Crippen molar-refractivity contribution in [2.75, 3.05) is 13.2 Å². The summed E-state index contributed by atoms with van der Waals surface area (Å²) in [5.74, 6) is -1.73. The lowest BCUT2D eigenvalue weighted by Crippen LogP contribution is -2.28. The number of amides is 1. The zero-order valence-corrected chi connectivity index (χ0v) is 14.6. The molecule has 0 saturated carbocycles. The van der Waals surface area contributed by atoms with E-state index < -0.39 is 34.1 Å². The van der Waals surface area contributed by atoms with Gasteiger partial charge in [0.05, 0.1) is 15.4 Å². The van der Waals surface area contributed by atoms with Crippen molar-refractivity contribution in [3.05, 3.63) is 59.2 Å². The van der Waals surface area contributed by atoms with Crippen LogP contribution in [0.3, 0.4) is 0 Å². The number of ketones is 1. The number of hydrogen-bond acceptors (Lipinski definition) is 6. The summed E-state index contributed by atoms with van der Waals surface area (Å²) in [6.45, 7) is 1.65. The molecule has 0 atom stereocenters. The number of nitrogens with one attached hydrogen (secondary N) is 1. The lowest BCUT2D eigenvalue weighted by atomic mass is 10.0. The molecular formula is C18H15NO6S. The maximum Gasteiger partial charge on any atom is 0.338 e. The number of hydrogen-bond donors (Lipinski definition) is 1. The Morgan fingerprint density at radius 3 is 2.46 bits per heavy atom. The Morgan fingerprint density at radius 1 is 1.04 bits per heavy atom. The largest absolute Gasteiger partial charge is 0.452 e. The third kappa shape index (κ3) is 2.99. The fourth-order valence-electron chi connectivity index (χ4n) is 2.67.